The van der Waals surface area contributed by atoms with Crippen LogP contribution in [0.3, 0.4) is 0 Å². The van der Waals surface area contributed by atoms with Crippen LogP contribution in [0.25, 0.3) is 0 Å². The number of hydrogen-bond acceptors (Lipinski definition) is 4. The molecule has 2 rings (SSSR count). The van der Waals surface area contributed by atoms with Gasteiger partial charge in [0.1, 0.15) is 0 Å². The first-order valence-electron chi connectivity index (χ1n) is 8.10. The zero-order chi connectivity index (χ0) is 19.8. The molecule has 27 heavy (non-hydrogen) atoms. The zero-order valence-electron chi connectivity index (χ0n) is 14.9. The lowest BCUT2D eigenvalue weighted by Gasteiger charge is -2.07. The number of carbonyl (C=O) groups is 3. The third-order valence-corrected chi connectivity index (χ3v) is 4.02. The molecular weight excluding hydrogens is 412 g/mol. The third-order valence-electron chi connectivity index (χ3n) is 3.49. The summed E-state index contributed by atoms with van der Waals surface area (Å²) < 4.78 is 0.907. The highest BCUT2D eigenvalue weighted by molar-refractivity contribution is 9.10. The number of hydrazone groups is 1. The highest BCUT2D eigenvalue weighted by Crippen LogP contribution is 2.14. The summed E-state index contributed by atoms with van der Waals surface area (Å²) in [6.07, 6.45) is -0.0181. The molecule has 0 bridgehead atoms. The molecule has 0 spiro atoms. The molecule has 140 valence electrons. The predicted octanol–water partition coefficient (Wildman–Crippen LogP) is 3.22. The molecule has 0 aliphatic heterocycles. The number of rotatable bonds is 5. The topological polar surface area (TPSA) is 99.7 Å². The maximum atomic E-state index is 12.0. The van der Waals surface area contributed by atoms with Crippen molar-refractivity contribution in [3.63, 3.8) is 0 Å². The van der Waals surface area contributed by atoms with Crippen LogP contribution in [0.15, 0.2) is 58.1 Å². The third kappa shape index (κ3) is 6.67. The number of aryl methyl sites for hydroxylation is 1. The van der Waals surface area contributed by atoms with E-state index in [0.717, 1.165) is 10.0 Å². The summed E-state index contributed by atoms with van der Waals surface area (Å²) in [7, 11) is 0. The Balaban J connectivity index is 1.83. The Morgan fingerprint density at radius 2 is 1.63 bits per heavy atom. The Labute approximate surface area is 165 Å². The smallest absolute Gasteiger partial charge is 0.326 e. The van der Waals surface area contributed by atoms with Gasteiger partial charge in [-0.3, -0.25) is 14.4 Å². The maximum absolute atomic E-state index is 12.0. The molecule has 0 radical (unpaired) electrons. The summed E-state index contributed by atoms with van der Waals surface area (Å²) in [5.74, 6) is -2.02. The van der Waals surface area contributed by atoms with Gasteiger partial charge in [0, 0.05) is 21.6 Å². The van der Waals surface area contributed by atoms with Gasteiger partial charge in [0.2, 0.25) is 5.91 Å². The van der Waals surface area contributed by atoms with E-state index in [4.69, 9.17) is 0 Å². The monoisotopic (exact) mass is 430 g/mol. The van der Waals surface area contributed by atoms with Gasteiger partial charge in [-0.05, 0) is 49.7 Å². The normalized spacial score (nSPS) is 10.9. The maximum Gasteiger partial charge on any atom is 0.329 e. The van der Waals surface area contributed by atoms with Crippen LogP contribution in [0, 0.1) is 6.92 Å². The fraction of sp³-hybridized carbons (Fsp3) is 0.158. The molecule has 0 atom stereocenters. The molecule has 2 aromatic rings. The Hall–Kier alpha value is -3.00. The lowest BCUT2D eigenvalue weighted by atomic mass is 10.2. The first kappa shape index (κ1) is 20.3. The van der Waals surface area contributed by atoms with E-state index in [1.54, 1.807) is 31.2 Å². The SMILES string of the molecule is C/C(CC(=O)Nc1ccc(Br)cc1)=N\NC(=O)C(=O)Nc1ccccc1C. The molecule has 0 aliphatic rings. The first-order valence-corrected chi connectivity index (χ1v) is 8.90. The van der Waals surface area contributed by atoms with Crippen LogP contribution >= 0.6 is 15.9 Å². The number of nitrogens with one attached hydrogen (secondary N) is 3. The Kier molecular flexibility index (Phi) is 7.25. The largest absolute Gasteiger partial charge is 0.329 e. The van der Waals surface area contributed by atoms with Crippen molar-refractivity contribution < 1.29 is 14.4 Å². The number of nitrogens with zero attached hydrogens (tertiary/aromatic N) is 1. The second-order valence-electron chi connectivity index (χ2n) is 5.79. The van der Waals surface area contributed by atoms with Crippen LogP contribution < -0.4 is 16.1 Å². The quantitative estimate of drug-likeness (QED) is 0.385. The van der Waals surface area contributed by atoms with Crippen molar-refractivity contribution in [2.75, 3.05) is 10.6 Å². The molecule has 7 nitrogen and oxygen atoms in total. The van der Waals surface area contributed by atoms with Gasteiger partial charge in [0.15, 0.2) is 0 Å². The van der Waals surface area contributed by atoms with Crippen LogP contribution in [0.5, 0.6) is 0 Å². The van der Waals surface area contributed by atoms with Crippen LogP contribution in [0.4, 0.5) is 11.4 Å². The van der Waals surface area contributed by atoms with E-state index in [2.05, 4.69) is 37.1 Å². The fourth-order valence-corrected chi connectivity index (χ4v) is 2.36. The number of amides is 3. The number of halogens is 1. The minimum absolute atomic E-state index is 0.0181. The van der Waals surface area contributed by atoms with E-state index in [1.165, 1.54) is 0 Å². The first-order chi connectivity index (χ1) is 12.8. The van der Waals surface area contributed by atoms with Gasteiger partial charge in [-0.2, -0.15) is 5.10 Å². The number of carbonyl (C=O) groups excluding carboxylic acids is 3. The minimum Gasteiger partial charge on any atom is -0.326 e. The van der Waals surface area contributed by atoms with E-state index < -0.39 is 11.8 Å². The van der Waals surface area contributed by atoms with E-state index >= 15 is 0 Å². The Bertz CT molecular complexity index is 879. The predicted molar refractivity (Wildman–Crippen MR) is 108 cm³/mol. The molecule has 8 heteroatoms. The lowest BCUT2D eigenvalue weighted by Crippen LogP contribution is -2.33. The standard InChI is InChI=1S/C19H19BrN4O3/c1-12-5-3-4-6-16(12)22-18(26)19(27)24-23-13(2)11-17(25)21-15-9-7-14(20)8-10-15/h3-10H,11H2,1-2H3,(H,21,25)(H,22,26)(H,24,27)/b23-13+. The summed E-state index contributed by atoms with van der Waals surface area (Å²) in [5, 5.41) is 9.02. The summed E-state index contributed by atoms with van der Waals surface area (Å²) in [4.78, 5) is 35.7. The summed E-state index contributed by atoms with van der Waals surface area (Å²) in [6, 6.07) is 14.2. The fourth-order valence-electron chi connectivity index (χ4n) is 2.10. The van der Waals surface area contributed by atoms with E-state index in [9.17, 15) is 14.4 Å². The molecule has 0 unspecified atom stereocenters. The molecule has 0 aromatic heterocycles. The summed E-state index contributed by atoms with van der Waals surface area (Å²) in [5.41, 5.74) is 4.55. The van der Waals surface area contributed by atoms with Crippen LogP contribution in [0.2, 0.25) is 0 Å². The lowest BCUT2D eigenvalue weighted by molar-refractivity contribution is -0.136. The van der Waals surface area contributed by atoms with Gasteiger partial charge >= 0.3 is 11.8 Å². The minimum atomic E-state index is -0.911. The van der Waals surface area contributed by atoms with E-state index in [-0.39, 0.29) is 12.3 Å². The highest BCUT2D eigenvalue weighted by atomic mass is 79.9. The Morgan fingerprint density at radius 1 is 0.963 bits per heavy atom. The van der Waals surface area contributed by atoms with Gasteiger partial charge in [-0.25, -0.2) is 5.43 Å². The van der Waals surface area contributed by atoms with E-state index in [1.807, 2.05) is 31.2 Å². The van der Waals surface area contributed by atoms with E-state index in [0.29, 0.717) is 17.1 Å². The van der Waals surface area contributed by atoms with Crippen LogP contribution in [-0.4, -0.2) is 23.4 Å². The van der Waals surface area contributed by atoms with Crippen molar-refractivity contribution in [1.82, 2.24) is 5.43 Å². The molecule has 0 fully saturated rings. The second kappa shape index (κ2) is 9.63. The highest BCUT2D eigenvalue weighted by Gasteiger charge is 2.14. The summed E-state index contributed by atoms with van der Waals surface area (Å²) in [6.45, 7) is 3.40. The zero-order valence-corrected chi connectivity index (χ0v) is 16.5. The average Bonchev–Trinajstić information content (AvgIpc) is 2.63. The molecular formula is C19H19BrN4O3. The van der Waals surface area contributed by atoms with Crippen molar-refractivity contribution in [3.8, 4) is 0 Å². The molecule has 0 saturated heterocycles. The van der Waals surface area contributed by atoms with Crippen molar-refractivity contribution in [1.29, 1.82) is 0 Å². The van der Waals surface area contributed by atoms with Crippen molar-refractivity contribution >= 4 is 50.7 Å². The van der Waals surface area contributed by atoms with Crippen molar-refractivity contribution in [2.24, 2.45) is 5.10 Å². The Morgan fingerprint density at radius 3 is 2.30 bits per heavy atom. The number of hydrogen-bond donors (Lipinski definition) is 3. The molecule has 2 aromatic carbocycles. The van der Waals surface area contributed by atoms with Gasteiger partial charge in [0.25, 0.3) is 0 Å². The van der Waals surface area contributed by atoms with Gasteiger partial charge < -0.3 is 10.6 Å². The average molecular weight is 431 g/mol. The van der Waals surface area contributed by atoms with Gasteiger partial charge in [-0.1, -0.05) is 34.1 Å². The van der Waals surface area contributed by atoms with Crippen molar-refractivity contribution in [3.05, 3.63) is 58.6 Å². The number of benzene rings is 2. The summed E-state index contributed by atoms with van der Waals surface area (Å²) >= 11 is 3.32. The van der Waals surface area contributed by atoms with Gasteiger partial charge in [-0.15, -0.1) is 0 Å². The second-order valence-corrected chi connectivity index (χ2v) is 6.70. The molecule has 0 heterocycles. The van der Waals surface area contributed by atoms with Gasteiger partial charge in [0.05, 0.1) is 6.42 Å². The molecule has 0 aliphatic carbocycles. The number of anilines is 2. The van der Waals surface area contributed by atoms with Crippen molar-refractivity contribution in [2.45, 2.75) is 20.3 Å². The van der Waals surface area contributed by atoms with Crippen LogP contribution in [0.1, 0.15) is 18.9 Å². The molecule has 0 saturated carbocycles. The number of para-hydroxylation sites is 1. The molecule has 3 N–H and O–H groups in total. The molecule has 3 amide bonds. The van der Waals surface area contributed by atoms with Crippen LogP contribution in [-0.2, 0) is 14.4 Å².